The number of esters is 2. The van der Waals surface area contributed by atoms with Crippen LogP contribution in [0.4, 0.5) is 0 Å². The average Bonchev–Trinajstić information content (AvgIpc) is 2.99. The highest BCUT2D eigenvalue weighted by molar-refractivity contribution is 5.70. The highest BCUT2D eigenvalue weighted by Gasteiger charge is 2.15. The molecule has 1 unspecified atom stereocenters. The highest BCUT2D eigenvalue weighted by Crippen LogP contribution is 2.14. The van der Waals surface area contributed by atoms with E-state index < -0.39 is 12.1 Å². The molecule has 242 valence electrons. The number of hydrogen-bond donors (Lipinski definition) is 1. The Morgan fingerprint density at radius 1 is 0.571 bits per heavy atom. The number of aliphatic hydroxyl groups excluding tert-OH is 1. The van der Waals surface area contributed by atoms with Crippen LogP contribution in [0.15, 0.2) is 48.6 Å². The molecule has 0 aromatic carbocycles. The largest absolute Gasteiger partial charge is 0.462 e. The molecule has 0 rings (SSSR count). The number of hydrogen-bond acceptors (Lipinski definition) is 5. The maximum absolute atomic E-state index is 12.1. The molecule has 0 saturated carbocycles. The van der Waals surface area contributed by atoms with E-state index in [0.717, 1.165) is 44.9 Å². The van der Waals surface area contributed by atoms with Gasteiger partial charge < -0.3 is 14.6 Å². The van der Waals surface area contributed by atoms with Crippen LogP contribution in [-0.2, 0) is 19.1 Å². The molecular formula is C37H64O5. The van der Waals surface area contributed by atoms with Crippen molar-refractivity contribution in [3.05, 3.63) is 48.6 Å². The second-order valence-electron chi connectivity index (χ2n) is 11.2. The minimum Gasteiger partial charge on any atom is -0.462 e. The normalized spacial score (nSPS) is 12.7. The first-order valence-electron chi connectivity index (χ1n) is 17.2. The SMILES string of the molecule is CC/C=C\C/C=C\C/C=C\C/C=C\CCC(=O)OC(CO)COC(=O)CCCCCCCCCCCCCCCCC. The fourth-order valence-electron chi connectivity index (χ4n) is 4.57. The highest BCUT2D eigenvalue weighted by atomic mass is 16.6. The maximum Gasteiger partial charge on any atom is 0.306 e. The van der Waals surface area contributed by atoms with E-state index in [1.54, 1.807) is 0 Å². The molecule has 0 bridgehead atoms. The lowest BCUT2D eigenvalue weighted by Gasteiger charge is -2.15. The third kappa shape index (κ3) is 30.8. The van der Waals surface area contributed by atoms with Gasteiger partial charge >= 0.3 is 11.9 Å². The molecule has 1 N–H and O–H groups in total. The fourth-order valence-corrected chi connectivity index (χ4v) is 4.57. The van der Waals surface area contributed by atoms with Crippen molar-refractivity contribution in [3.63, 3.8) is 0 Å². The van der Waals surface area contributed by atoms with Crippen molar-refractivity contribution < 1.29 is 24.2 Å². The number of allylic oxidation sites excluding steroid dienone is 8. The van der Waals surface area contributed by atoms with E-state index in [1.807, 2.05) is 12.2 Å². The van der Waals surface area contributed by atoms with Gasteiger partial charge in [0.15, 0.2) is 6.10 Å². The zero-order chi connectivity index (χ0) is 30.8. The van der Waals surface area contributed by atoms with E-state index in [9.17, 15) is 14.7 Å². The first-order valence-corrected chi connectivity index (χ1v) is 17.2. The lowest BCUT2D eigenvalue weighted by Crippen LogP contribution is -2.28. The van der Waals surface area contributed by atoms with Crippen LogP contribution >= 0.6 is 0 Å². The summed E-state index contributed by atoms with van der Waals surface area (Å²) < 4.78 is 10.5. The summed E-state index contributed by atoms with van der Waals surface area (Å²) in [6, 6.07) is 0. The summed E-state index contributed by atoms with van der Waals surface area (Å²) >= 11 is 0. The molecular weight excluding hydrogens is 524 g/mol. The lowest BCUT2D eigenvalue weighted by atomic mass is 10.0. The van der Waals surface area contributed by atoms with Gasteiger partial charge in [-0.05, 0) is 38.5 Å². The predicted octanol–water partition coefficient (Wildman–Crippen LogP) is 10.3. The maximum atomic E-state index is 12.1. The second-order valence-corrected chi connectivity index (χ2v) is 11.2. The van der Waals surface area contributed by atoms with Gasteiger partial charge in [-0.3, -0.25) is 9.59 Å². The zero-order valence-corrected chi connectivity index (χ0v) is 27.2. The van der Waals surface area contributed by atoms with E-state index in [1.165, 1.54) is 77.0 Å². The second kappa shape index (κ2) is 33.4. The van der Waals surface area contributed by atoms with Crippen molar-refractivity contribution in [2.75, 3.05) is 13.2 Å². The number of ether oxygens (including phenoxy) is 2. The summed E-state index contributed by atoms with van der Waals surface area (Å²) in [5, 5.41) is 9.49. The summed E-state index contributed by atoms with van der Waals surface area (Å²) in [7, 11) is 0. The number of carbonyl (C=O) groups excluding carboxylic acids is 2. The number of carbonyl (C=O) groups is 2. The van der Waals surface area contributed by atoms with Crippen LogP contribution in [0.2, 0.25) is 0 Å². The van der Waals surface area contributed by atoms with Gasteiger partial charge in [0.05, 0.1) is 6.61 Å². The molecule has 42 heavy (non-hydrogen) atoms. The topological polar surface area (TPSA) is 72.8 Å². The Balaban J connectivity index is 3.66. The molecule has 0 spiro atoms. The molecule has 0 saturated heterocycles. The van der Waals surface area contributed by atoms with Gasteiger partial charge in [0, 0.05) is 12.8 Å². The fraction of sp³-hybridized carbons (Fsp3) is 0.730. The molecule has 0 aliphatic carbocycles. The third-order valence-electron chi connectivity index (χ3n) is 7.15. The van der Waals surface area contributed by atoms with E-state index >= 15 is 0 Å². The molecule has 1 atom stereocenters. The van der Waals surface area contributed by atoms with Crippen LogP contribution in [0, 0.1) is 0 Å². The van der Waals surface area contributed by atoms with Gasteiger partial charge in [-0.15, -0.1) is 0 Å². The molecule has 0 radical (unpaired) electrons. The minimum absolute atomic E-state index is 0.0935. The lowest BCUT2D eigenvalue weighted by molar-refractivity contribution is -0.161. The van der Waals surface area contributed by atoms with Crippen molar-refractivity contribution >= 4 is 11.9 Å². The van der Waals surface area contributed by atoms with Gasteiger partial charge in [-0.1, -0.05) is 152 Å². The smallest absolute Gasteiger partial charge is 0.306 e. The van der Waals surface area contributed by atoms with Crippen molar-refractivity contribution in [2.24, 2.45) is 0 Å². The van der Waals surface area contributed by atoms with Gasteiger partial charge in [0.2, 0.25) is 0 Å². The molecule has 0 amide bonds. The zero-order valence-electron chi connectivity index (χ0n) is 27.2. The van der Waals surface area contributed by atoms with Crippen LogP contribution in [0.25, 0.3) is 0 Å². The molecule has 0 fully saturated rings. The van der Waals surface area contributed by atoms with E-state index in [2.05, 4.69) is 50.3 Å². The van der Waals surface area contributed by atoms with Crippen molar-refractivity contribution in [2.45, 2.75) is 161 Å². The standard InChI is InChI=1S/C37H64O5/c1-3-5-7-9-11-13-15-17-18-20-21-23-25-27-29-31-36(39)41-34-35(33-38)42-37(40)32-30-28-26-24-22-19-16-14-12-10-8-6-4-2/h6,8,12,14,19,22,26,28,35,38H,3-5,7,9-11,13,15-18,20-21,23-25,27,29-34H2,1-2H3/b8-6-,14-12-,22-19-,28-26-. The molecule has 0 aliphatic heterocycles. The van der Waals surface area contributed by atoms with E-state index in [0.29, 0.717) is 12.8 Å². The van der Waals surface area contributed by atoms with Crippen LogP contribution in [0.1, 0.15) is 155 Å². The monoisotopic (exact) mass is 588 g/mol. The number of unbranched alkanes of at least 4 members (excludes halogenated alkanes) is 14. The van der Waals surface area contributed by atoms with Crippen LogP contribution in [0.3, 0.4) is 0 Å². The van der Waals surface area contributed by atoms with Crippen molar-refractivity contribution in [1.82, 2.24) is 0 Å². The molecule has 0 aromatic heterocycles. The van der Waals surface area contributed by atoms with Gasteiger partial charge in [-0.2, -0.15) is 0 Å². The summed E-state index contributed by atoms with van der Waals surface area (Å²) in [5.74, 6) is -0.686. The van der Waals surface area contributed by atoms with Gasteiger partial charge in [0.1, 0.15) is 6.61 Å². The first kappa shape index (κ1) is 39.9. The Morgan fingerprint density at radius 3 is 1.50 bits per heavy atom. The van der Waals surface area contributed by atoms with Gasteiger partial charge in [0.25, 0.3) is 0 Å². The molecule has 0 aliphatic rings. The number of aliphatic hydroxyl groups is 1. The average molecular weight is 589 g/mol. The Hall–Kier alpha value is -2.14. The molecule has 5 heteroatoms. The minimum atomic E-state index is -0.806. The van der Waals surface area contributed by atoms with E-state index in [4.69, 9.17) is 9.47 Å². The van der Waals surface area contributed by atoms with E-state index in [-0.39, 0.29) is 25.6 Å². The third-order valence-corrected chi connectivity index (χ3v) is 7.15. The summed E-state index contributed by atoms with van der Waals surface area (Å²) in [4.78, 5) is 24.1. The van der Waals surface area contributed by atoms with Crippen LogP contribution < -0.4 is 0 Å². The quantitative estimate of drug-likeness (QED) is 0.0513. The predicted molar refractivity (Wildman–Crippen MR) is 177 cm³/mol. The molecule has 5 nitrogen and oxygen atoms in total. The molecule has 0 heterocycles. The summed E-state index contributed by atoms with van der Waals surface area (Å²) in [6.45, 7) is 3.94. The Bertz CT molecular complexity index is 722. The van der Waals surface area contributed by atoms with Crippen LogP contribution in [0.5, 0.6) is 0 Å². The number of rotatable bonds is 30. The van der Waals surface area contributed by atoms with Crippen molar-refractivity contribution in [3.8, 4) is 0 Å². The molecule has 0 aromatic rings. The summed E-state index contributed by atoms with van der Waals surface area (Å²) in [6.07, 6.45) is 40.3. The first-order chi connectivity index (χ1) is 20.6. The van der Waals surface area contributed by atoms with Crippen LogP contribution in [-0.4, -0.2) is 36.4 Å². The summed E-state index contributed by atoms with van der Waals surface area (Å²) in [5.41, 5.74) is 0. The van der Waals surface area contributed by atoms with Crippen molar-refractivity contribution in [1.29, 1.82) is 0 Å². The van der Waals surface area contributed by atoms with Gasteiger partial charge in [-0.25, -0.2) is 0 Å². The Kier molecular flexibility index (Phi) is 31.7. The Morgan fingerprint density at radius 2 is 1.02 bits per heavy atom. The Labute approximate surface area is 258 Å².